The fraction of sp³-hybridized carbons (Fsp3) is 0.308. The summed E-state index contributed by atoms with van der Waals surface area (Å²) in [5.74, 6) is 0. The number of aryl methyl sites for hydroxylation is 1. The van der Waals surface area contributed by atoms with E-state index in [0.717, 1.165) is 23.4 Å². The fourth-order valence-corrected chi connectivity index (χ4v) is 1.78. The molecule has 0 fully saturated rings. The highest BCUT2D eigenvalue weighted by molar-refractivity contribution is 6.30. The van der Waals surface area contributed by atoms with Gasteiger partial charge in [-0.25, -0.2) is 0 Å². The van der Waals surface area contributed by atoms with Gasteiger partial charge < -0.3 is 4.90 Å². The second-order valence-corrected chi connectivity index (χ2v) is 4.15. The number of carbonyl (C=O) groups is 1. The topological polar surface area (TPSA) is 20.3 Å². The lowest BCUT2D eigenvalue weighted by molar-refractivity contribution is -0.117. The Balaban J connectivity index is 2.59. The van der Waals surface area contributed by atoms with Crippen molar-refractivity contribution in [1.82, 2.24) is 4.90 Å². The molecule has 0 aromatic heterocycles. The van der Waals surface area contributed by atoms with E-state index in [4.69, 9.17) is 11.6 Å². The number of carbonyl (C=O) groups excluding carboxylic acids is 1. The van der Waals surface area contributed by atoms with Crippen LogP contribution in [0.5, 0.6) is 0 Å². The highest BCUT2D eigenvalue weighted by Gasteiger charge is 2.02. The summed E-state index contributed by atoms with van der Waals surface area (Å²) in [7, 11) is 0. The molecule has 0 aliphatic carbocycles. The molecule has 0 unspecified atom stereocenters. The molecule has 1 amide bonds. The molecule has 2 nitrogen and oxygen atoms in total. The summed E-state index contributed by atoms with van der Waals surface area (Å²) < 4.78 is 0. The van der Waals surface area contributed by atoms with E-state index in [9.17, 15) is 4.79 Å². The van der Waals surface area contributed by atoms with Crippen molar-refractivity contribution < 1.29 is 4.79 Å². The number of rotatable bonds is 6. The molecular formula is C13H16ClNO. The van der Waals surface area contributed by atoms with E-state index in [1.807, 2.05) is 25.1 Å². The summed E-state index contributed by atoms with van der Waals surface area (Å²) in [5, 5.41) is 0.750. The Kier molecular flexibility index (Phi) is 5.06. The van der Waals surface area contributed by atoms with Crippen LogP contribution < -0.4 is 0 Å². The molecule has 0 spiro atoms. The number of benzene rings is 1. The number of nitrogens with zero attached hydrogens (tertiary/aromatic N) is 1. The van der Waals surface area contributed by atoms with E-state index in [1.54, 1.807) is 11.0 Å². The van der Waals surface area contributed by atoms with E-state index in [1.165, 1.54) is 5.56 Å². The highest BCUT2D eigenvalue weighted by atomic mass is 35.5. The summed E-state index contributed by atoms with van der Waals surface area (Å²) in [6, 6.07) is 5.83. The predicted molar refractivity (Wildman–Crippen MR) is 67.7 cm³/mol. The lowest BCUT2D eigenvalue weighted by Crippen LogP contribution is -2.24. The minimum atomic E-state index is 0.593. The molecule has 0 bridgehead atoms. The average Bonchev–Trinajstić information content (AvgIpc) is 2.26. The number of halogens is 1. The molecule has 0 saturated heterocycles. The summed E-state index contributed by atoms with van der Waals surface area (Å²) in [6.45, 7) is 6.94. The van der Waals surface area contributed by atoms with Gasteiger partial charge in [0.25, 0.3) is 0 Å². The van der Waals surface area contributed by atoms with Crippen molar-refractivity contribution in [3.8, 4) is 0 Å². The van der Waals surface area contributed by atoms with Crippen molar-refractivity contribution in [2.24, 2.45) is 0 Å². The number of hydrogen-bond donors (Lipinski definition) is 0. The lowest BCUT2D eigenvalue weighted by Gasteiger charge is -2.15. The maximum absolute atomic E-state index is 10.7. The van der Waals surface area contributed by atoms with E-state index < -0.39 is 0 Å². The molecule has 0 aliphatic heterocycles. The smallest absolute Gasteiger partial charge is 0.209 e. The van der Waals surface area contributed by atoms with Gasteiger partial charge in [-0.05, 0) is 36.6 Å². The molecule has 0 radical (unpaired) electrons. The highest BCUT2D eigenvalue weighted by Crippen LogP contribution is 2.15. The predicted octanol–water partition coefficient (Wildman–Crippen LogP) is 2.84. The standard InChI is InChI=1S/C13H16ClNO/c1-3-7-15(10-16)8-6-12-4-5-13(14)9-11(12)2/h3-5,9-10H,1,6-8H2,2H3. The molecule has 1 aromatic rings. The second-order valence-electron chi connectivity index (χ2n) is 3.71. The molecule has 16 heavy (non-hydrogen) atoms. The van der Waals surface area contributed by atoms with Gasteiger partial charge in [-0.2, -0.15) is 0 Å². The molecule has 0 atom stereocenters. The first kappa shape index (κ1) is 12.8. The van der Waals surface area contributed by atoms with Crippen molar-refractivity contribution in [3.63, 3.8) is 0 Å². The summed E-state index contributed by atoms with van der Waals surface area (Å²) in [5.41, 5.74) is 2.39. The molecule has 0 heterocycles. The van der Waals surface area contributed by atoms with Crippen LogP contribution in [0.4, 0.5) is 0 Å². The molecule has 86 valence electrons. The van der Waals surface area contributed by atoms with Gasteiger partial charge in [0.2, 0.25) is 6.41 Å². The minimum Gasteiger partial charge on any atom is -0.341 e. The fourth-order valence-electron chi connectivity index (χ4n) is 1.56. The SMILES string of the molecule is C=CCN(C=O)CCc1ccc(Cl)cc1C. The zero-order chi connectivity index (χ0) is 12.0. The first-order chi connectivity index (χ1) is 7.67. The Morgan fingerprint density at radius 2 is 2.25 bits per heavy atom. The molecule has 0 aliphatic rings. The van der Waals surface area contributed by atoms with Crippen LogP contribution in [-0.4, -0.2) is 24.4 Å². The molecule has 1 rings (SSSR count). The van der Waals surface area contributed by atoms with E-state index >= 15 is 0 Å². The van der Waals surface area contributed by atoms with Gasteiger partial charge in [-0.15, -0.1) is 6.58 Å². The third-order valence-electron chi connectivity index (χ3n) is 2.49. The lowest BCUT2D eigenvalue weighted by atomic mass is 10.1. The molecule has 0 saturated carbocycles. The van der Waals surface area contributed by atoms with Gasteiger partial charge in [0, 0.05) is 18.1 Å². The quantitative estimate of drug-likeness (QED) is 0.550. The van der Waals surface area contributed by atoms with Crippen molar-refractivity contribution in [2.75, 3.05) is 13.1 Å². The zero-order valence-corrected chi connectivity index (χ0v) is 10.2. The normalized spacial score (nSPS) is 9.88. The average molecular weight is 238 g/mol. The van der Waals surface area contributed by atoms with Crippen LogP contribution in [0, 0.1) is 6.92 Å². The monoisotopic (exact) mass is 237 g/mol. The molecule has 3 heteroatoms. The van der Waals surface area contributed by atoms with Gasteiger partial charge in [-0.3, -0.25) is 4.79 Å². The Bertz CT molecular complexity index is 376. The maximum Gasteiger partial charge on any atom is 0.209 e. The van der Waals surface area contributed by atoms with Crippen LogP contribution in [0.15, 0.2) is 30.9 Å². The molecule has 1 aromatic carbocycles. The van der Waals surface area contributed by atoms with Gasteiger partial charge in [0.15, 0.2) is 0 Å². The minimum absolute atomic E-state index is 0.593. The summed E-state index contributed by atoms with van der Waals surface area (Å²) >= 11 is 5.88. The van der Waals surface area contributed by atoms with Crippen molar-refractivity contribution in [1.29, 1.82) is 0 Å². The van der Waals surface area contributed by atoms with Gasteiger partial charge >= 0.3 is 0 Å². The van der Waals surface area contributed by atoms with Gasteiger partial charge in [-0.1, -0.05) is 23.7 Å². The van der Waals surface area contributed by atoms with Crippen LogP contribution in [0.3, 0.4) is 0 Å². The Labute approximate surface area is 102 Å². The zero-order valence-electron chi connectivity index (χ0n) is 9.45. The number of hydrogen-bond acceptors (Lipinski definition) is 1. The van der Waals surface area contributed by atoms with Crippen LogP contribution in [0.2, 0.25) is 5.02 Å². The van der Waals surface area contributed by atoms with Crippen LogP contribution in [0.25, 0.3) is 0 Å². The van der Waals surface area contributed by atoms with Gasteiger partial charge in [0.1, 0.15) is 0 Å². The summed E-state index contributed by atoms with van der Waals surface area (Å²) in [4.78, 5) is 12.4. The Morgan fingerprint density at radius 3 is 2.81 bits per heavy atom. The maximum atomic E-state index is 10.7. The van der Waals surface area contributed by atoms with Gasteiger partial charge in [0.05, 0.1) is 0 Å². The summed E-state index contributed by atoms with van der Waals surface area (Å²) in [6.07, 6.45) is 3.42. The first-order valence-electron chi connectivity index (χ1n) is 5.22. The van der Waals surface area contributed by atoms with E-state index in [0.29, 0.717) is 13.1 Å². The van der Waals surface area contributed by atoms with Crippen LogP contribution in [-0.2, 0) is 11.2 Å². The first-order valence-corrected chi connectivity index (χ1v) is 5.60. The Hall–Kier alpha value is -1.28. The Morgan fingerprint density at radius 1 is 1.50 bits per heavy atom. The van der Waals surface area contributed by atoms with Crippen LogP contribution >= 0.6 is 11.6 Å². The van der Waals surface area contributed by atoms with Crippen molar-refractivity contribution in [3.05, 3.63) is 47.0 Å². The third-order valence-corrected chi connectivity index (χ3v) is 2.72. The molecular weight excluding hydrogens is 222 g/mol. The van der Waals surface area contributed by atoms with Crippen molar-refractivity contribution >= 4 is 18.0 Å². The number of amides is 1. The van der Waals surface area contributed by atoms with Crippen LogP contribution in [0.1, 0.15) is 11.1 Å². The van der Waals surface area contributed by atoms with E-state index in [-0.39, 0.29) is 0 Å². The van der Waals surface area contributed by atoms with E-state index in [2.05, 4.69) is 6.58 Å². The van der Waals surface area contributed by atoms with Crippen molar-refractivity contribution in [2.45, 2.75) is 13.3 Å². The molecule has 0 N–H and O–H groups in total. The third kappa shape index (κ3) is 3.70. The largest absolute Gasteiger partial charge is 0.341 e. The second kappa shape index (κ2) is 6.33.